The number of fused-ring (bicyclic) bond motifs is 1. The fraction of sp³-hybridized carbons (Fsp3) is 0.217. The summed E-state index contributed by atoms with van der Waals surface area (Å²) in [6, 6.07) is 20.5. The Morgan fingerprint density at radius 3 is 2.32 bits per heavy atom. The van der Waals surface area contributed by atoms with E-state index in [2.05, 4.69) is 32.0 Å². The molecule has 3 aromatic rings. The van der Waals surface area contributed by atoms with Crippen LogP contribution in [0, 0.1) is 13.8 Å². The number of hydrogen-bond donors (Lipinski definition) is 0. The van der Waals surface area contributed by atoms with Crippen LogP contribution in [0.5, 0.6) is 5.75 Å². The highest BCUT2D eigenvalue weighted by molar-refractivity contribution is 7.86. The van der Waals surface area contributed by atoms with Crippen molar-refractivity contribution in [1.29, 1.82) is 0 Å². The Bertz CT molecular complexity index is 1080. The summed E-state index contributed by atoms with van der Waals surface area (Å²) in [5.74, 6) is 0.825. The molecule has 144 valence electrons. The summed E-state index contributed by atoms with van der Waals surface area (Å²) in [6.07, 6.45) is 0.289. The van der Waals surface area contributed by atoms with Crippen LogP contribution in [-0.4, -0.2) is 21.1 Å². The summed E-state index contributed by atoms with van der Waals surface area (Å²) in [5.41, 5.74) is 5.65. The fourth-order valence-corrected chi connectivity index (χ4v) is 4.65. The van der Waals surface area contributed by atoms with E-state index in [0.717, 1.165) is 22.4 Å². The molecule has 0 spiro atoms. The Labute approximate surface area is 165 Å². The summed E-state index contributed by atoms with van der Waals surface area (Å²) in [6.45, 7) is 4.16. The van der Waals surface area contributed by atoms with Gasteiger partial charge in [0.05, 0.1) is 4.90 Å². The maximum Gasteiger partial charge on any atom is 0.297 e. The van der Waals surface area contributed by atoms with E-state index in [9.17, 15) is 8.42 Å². The van der Waals surface area contributed by atoms with Gasteiger partial charge in [-0.15, -0.1) is 0 Å². The molecule has 4 nitrogen and oxygen atoms in total. The van der Waals surface area contributed by atoms with E-state index in [1.807, 2.05) is 18.2 Å². The van der Waals surface area contributed by atoms with E-state index >= 15 is 0 Å². The van der Waals surface area contributed by atoms with Crippen LogP contribution in [0.4, 0.5) is 0 Å². The molecule has 5 heteroatoms. The maximum absolute atomic E-state index is 12.4. The zero-order chi connectivity index (χ0) is 19.7. The minimum Gasteiger partial charge on any atom is -0.487 e. The number of ether oxygens (including phenoxy) is 1. The van der Waals surface area contributed by atoms with Crippen molar-refractivity contribution in [2.75, 3.05) is 6.61 Å². The molecule has 0 amide bonds. The zero-order valence-corrected chi connectivity index (χ0v) is 16.7. The lowest BCUT2D eigenvalue weighted by Crippen LogP contribution is -2.23. The van der Waals surface area contributed by atoms with Gasteiger partial charge in [-0.1, -0.05) is 54.6 Å². The highest BCUT2D eigenvalue weighted by Crippen LogP contribution is 2.41. The second-order valence-corrected chi connectivity index (χ2v) is 8.67. The minimum absolute atomic E-state index is 0.0158. The number of para-hydroxylation sites is 1. The molecule has 1 heterocycles. The first-order valence-corrected chi connectivity index (χ1v) is 10.7. The Kier molecular flexibility index (Phi) is 4.96. The van der Waals surface area contributed by atoms with Crippen LogP contribution in [0.1, 0.15) is 16.7 Å². The molecule has 4 rings (SSSR count). The smallest absolute Gasteiger partial charge is 0.297 e. The number of benzene rings is 3. The van der Waals surface area contributed by atoms with E-state index in [1.165, 1.54) is 23.3 Å². The summed E-state index contributed by atoms with van der Waals surface area (Å²) < 4.78 is 36.1. The zero-order valence-electron chi connectivity index (χ0n) is 15.9. The highest BCUT2D eigenvalue weighted by Gasteiger charge is 2.28. The fourth-order valence-electron chi connectivity index (χ4n) is 3.69. The van der Waals surface area contributed by atoms with E-state index in [4.69, 9.17) is 8.92 Å². The molecule has 28 heavy (non-hydrogen) atoms. The summed E-state index contributed by atoms with van der Waals surface area (Å²) >= 11 is 0. The molecule has 1 unspecified atom stereocenters. The quantitative estimate of drug-likeness (QED) is 0.590. The van der Waals surface area contributed by atoms with Crippen LogP contribution in [0.3, 0.4) is 0 Å². The number of hydrogen-bond acceptors (Lipinski definition) is 4. The predicted octanol–water partition coefficient (Wildman–Crippen LogP) is 4.68. The van der Waals surface area contributed by atoms with E-state index in [1.54, 1.807) is 18.2 Å². The molecule has 0 aliphatic carbocycles. The van der Waals surface area contributed by atoms with Crippen molar-refractivity contribution >= 4 is 10.1 Å². The standard InChI is InChI=1S/C23H22O4S/c1-16-8-6-9-17(2)22(16)21-13-7-10-18-14-19(27-23(18)21)15-26-28(24,25)20-11-4-3-5-12-20/h3-13,19H,14-15H2,1-2H3. The molecular formula is C23H22O4S. The third kappa shape index (κ3) is 3.55. The first-order chi connectivity index (χ1) is 13.5. The van der Waals surface area contributed by atoms with Gasteiger partial charge in [-0.2, -0.15) is 8.42 Å². The summed E-state index contributed by atoms with van der Waals surface area (Å²) in [7, 11) is -3.79. The van der Waals surface area contributed by atoms with E-state index in [0.29, 0.717) is 6.42 Å². The van der Waals surface area contributed by atoms with Gasteiger partial charge >= 0.3 is 0 Å². The lowest BCUT2D eigenvalue weighted by atomic mass is 9.93. The molecular weight excluding hydrogens is 372 g/mol. The molecule has 0 aromatic heterocycles. The van der Waals surface area contributed by atoms with Crippen molar-refractivity contribution in [2.24, 2.45) is 0 Å². The molecule has 0 fully saturated rings. The van der Waals surface area contributed by atoms with Gasteiger partial charge in [0, 0.05) is 12.0 Å². The van der Waals surface area contributed by atoms with Crippen molar-refractivity contribution in [1.82, 2.24) is 0 Å². The predicted molar refractivity (Wildman–Crippen MR) is 109 cm³/mol. The van der Waals surface area contributed by atoms with Gasteiger partial charge in [0.15, 0.2) is 0 Å². The molecule has 0 saturated carbocycles. The molecule has 1 aliphatic rings. The first-order valence-electron chi connectivity index (χ1n) is 9.25. The molecule has 1 aliphatic heterocycles. The molecule has 1 atom stereocenters. The Morgan fingerprint density at radius 1 is 0.929 bits per heavy atom. The van der Waals surface area contributed by atoms with Gasteiger partial charge in [-0.05, 0) is 48.2 Å². The molecule has 3 aromatic carbocycles. The van der Waals surface area contributed by atoms with Crippen LogP contribution in [-0.2, 0) is 20.7 Å². The Morgan fingerprint density at radius 2 is 1.61 bits per heavy atom. The average molecular weight is 394 g/mol. The Hall–Kier alpha value is -2.63. The van der Waals surface area contributed by atoms with Gasteiger partial charge in [-0.3, -0.25) is 4.18 Å². The first kappa shape index (κ1) is 18.7. The van der Waals surface area contributed by atoms with Crippen molar-refractivity contribution in [3.05, 3.63) is 83.4 Å². The Balaban J connectivity index is 1.55. The normalized spacial score (nSPS) is 15.9. The second-order valence-electron chi connectivity index (χ2n) is 7.06. The van der Waals surface area contributed by atoms with Gasteiger partial charge in [0.2, 0.25) is 0 Å². The van der Waals surface area contributed by atoms with Crippen LogP contribution in [0.2, 0.25) is 0 Å². The molecule has 0 radical (unpaired) electrons. The van der Waals surface area contributed by atoms with Crippen LogP contribution in [0.25, 0.3) is 11.1 Å². The van der Waals surface area contributed by atoms with Crippen LogP contribution >= 0.6 is 0 Å². The third-order valence-corrected chi connectivity index (χ3v) is 6.32. The average Bonchev–Trinajstić information content (AvgIpc) is 3.11. The lowest BCUT2D eigenvalue weighted by Gasteiger charge is -2.15. The van der Waals surface area contributed by atoms with Crippen LogP contribution < -0.4 is 4.74 Å². The molecule has 0 bridgehead atoms. The lowest BCUT2D eigenvalue weighted by molar-refractivity contribution is 0.152. The summed E-state index contributed by atoms with van der Waals surface area (Å²) in [5, 5.41) is 0. The minimum atomic E-state index is -3.79. The topological polar surface area (TPSA) is 52.6 Å². The monoisotopic (exact) mass is 394 g/mol. The number of rotatable bonds is 5. The molecule has 0 saturated heterocycles. The molecule has 0 N–H and O–H groups in total. The highest BCUT2D eigenvalue weighted by atomic mass is 32.2. The largest absolute Gasteiger partial charge is 0.487 e. The van der Waals surface area contributed by atoms with E-state index < -0.39 is 10.1 Å². The van der Waals surface area contributed by atoms with Gasteiger partial charge in [-0.25, -0.2) is 0 Å². The second kappa shape index (κ2) is 7.41. The van der Waals surface area contributed by atoms with Gasteiger partial charge < -0.3 is 4.74 Å². The number of aryl methyl sites for hydroxylation is 2. The van der Waals surface area contributed by atoms with Crippen molar-refractivity contribution < 1.29 is 17.3 Å². The third-order valence-electron chi connectivity index (χ3n) is 5.02. The summed E-state index contributed by atoms with van der Waals surface area (Å²) in [4.78, 5) is 0.154. The van der Waals surface area contributed by atoms with Crippen LogP contribution in [0.15, 0.2) is 71.6 Å². The van der Waals surface area contributed by atoms with Gasteiger partial charge in [0.25, 0.3) is 10.1 Å². The SMILES string of the molecule is Cc1cccc(C)c1-c1cccc2c1OC(COS(=O)(=O)c1ccccc1)C2. The van der Waals surface area contributed by atoms with Crippen molar-refractivity contribution in [3.63, 3.8) is 0 Å². The maximum atomic E-state index is 12.4. The van der Waals surface area contributed by atoms with Crippen molar-refractivity contribution in [2.45, 2.75) is 31.3 Å². The van der Waals surface area contributed by atoms with Crippen molar-refractivity contribution in [3.8, 4) is 16.9 Å². The van der Waals surface area contributed by atoms with Gasteiger partial charge in [0.1, 0.15) is 18.5 Å². The van der Waals surface area contributed by atoms with E-state index in [-0.39, 0.29) is 17.6 Å².